The molecule has 0 unspecified atom stereocenters. The van der Waals surface area contributed by atoms with Gasteiger partial charge in [-0.2, -0.15) is 0 Å². The molecule has 0 aromatic carbocycles. The minimum absolute atomic E-state index is 0.124. The lowest BCUT2D eigenvalue weighted by atomic mass is 9.96. The number of nitrogens with zero attached hydrogens (tertiary/aromatic N) is 1. The first-order valence-electron chi connectivity index (χ1n) is 5.21. The van der Waals surface area contributed by atoms with Crippen LogP contribution in [0.5, 0.6) is 0 Å². The SMILES string of the molecule is CCC(CC)(OC)c1nc(C)cc(=O)[nH]1. The van der Waals surface area contributed by atoms with E-state index in [0.29, 0.717) is 5.82 Å². The molecule has 15 heavy (non-hydrogen) atoms. The van der Waals surface area contributed by atoms with Crippen LogP contribution in [-0.2, 0) is 10.3 Å². The van der Waals surface area contributed by atoms with Crippen molar-refractivity contribution in [2.45, 2.75) is 39.2 Å². The molecule has 0 radical (unpaired) electrons. The van der Waals surface area contributed by atoms with Gasteiger partial charge in [0.1, 0.15) is 11.4 Å². The van der Waals surface area contributed by atoms with E-state index in [1.54, 1.807) is 7.11 Å². The van der Waals surface area contributed by atoms with Gasteiger partial charge in [0.2, 0.25) is 0 Å². The van der Waals surface area contributed by atoms with Gasteiger partial charge in [-0.15, -0.1) is 0 Å². The third kappa shape index (κ3) is 2.26. The first kappa shape index (κ1) is 11.9. The Hall–Kier alpha value is -1.16. The quantitative estimate of drug-likeness (QED) is 0.823. The summed E-state index contributed by atoms with van der Waals surface area (Å²) in [5, 5.41) is 0. The smallest absolute Gasteiger partial charge is 0.251 e. The number of aryl methyl sites for hydroxylation is 1. The van der Waals surface area contributed by atoms with Crippen LogP contribution in [0.25, 0.3) is 0 Å². The molecular weight excluding hydrogens is 192 g/mol. The van der Waals surface area contributed by atoms with E-state index >= 15 is 0 Å². The Balaban J connectivity index is 3.28. The van der Waals surface area contributed by atoms with Crippen molar-refractivity contribution in [2.75, 3.05) is 7.11 Å². The number of hydrogen-bond donors (Lipinski definition) is 1. The predicted molar refractivity (Wildman–Crippen MR) is 58.9 cm³/mol. The highest BCUT2D eigenvalue weighted by Crippen LogP contribution is 2.28. The molecule has 0 saturated carbocycles. The highest BCUT2D eigenvalue weighted by molar-refractivity contribution is 5.07. The van der Waals surface area contributed by atoms with Crippen LogP contribution in [0.4, 0.5) is 0 Å². The van der Waals surface area contributed by atoms with Crippen LogP contribution in [0.3, 0.4) is 0 Å². The summed E-state index contributed by atoms with van der Waals surface area (Å²) in [5.74, 6) is 0.625. The molecule has 1 heterocycles. The van der Waals surface area contributed by atoms with Gasteiger partial charge in [-0.05, 0) is 19.8 Å². The number of ether oxygens (including phenoxy) is 1. The second kappa shape index (κ2) is 4.57. The van der Waals surface area contributed by atoms with Crippen LogP contribution in [0.2, 0.25) is 0 Å². The molecule has 4 nitrogen and oxygen atoms in total. The van der Waals surface area contributed by atoms with Gasteiger partial charge in [0.05, 0.1) is 0 Å². The highest BCUT2D eigenvalue weighted by Gasteiger charge is 2.30. The number of aromatic amines is 1. The lowest BCUT2D eigenvalue weighted by molar-refractivity contribution is -0.0294. The van der Waals surface area contributed by atoms with E-state index in [1.807, 2.05) is 20.8 Å². The highest BCUT2D eigenvalue weighted by atomic mass is 16.5. The Labute approximate surface area is 89.7 Å². The minimum Gasteiger partial charge on any atom is -0.370 e. The number of aromatic nitrogens is 2. The molecule has 0 aliphatic rings. The molecule has 1 aromatic heterocycles. The Morgan fingerprint density at radius 3 is 2.47 bits per heavy atom. The van der Waals surface area contributed by atoms with Crippen LogP contribution in [-0.4, -0.2) is 17.1 Å². The Kier molecular flexibility index (Phi) is 3.63. The summed E-state index contributed by atoms with van der Waals surface area (Å²) in [6.45, 7) is 5.86. The van der Waals surface area contributed by atoms with Crippen LogP contribution in [0, 0.1) is 6.92 Å². The van der Waals surface area contributed by atoms with E-state index < -0.39 is 5.60 Å². The van der Waals surface area contributed by atoms with Crippen molar-refractivity contribution in [1.29, 1.82) is 0 Å². The van der Waals surface area contributed by atoms with E-state index in [2.05, 4.69) is 9.97 Å². The first-order chi connectivity index (χ1) is 7.07. The fourth-order valence-corrected chi connectivity index (χ4v) is 1.77. The molecule has 0 saturated heterocycles. The fraction of sp³-hybridized carbons (Fsp3) is 0.636. The zero-order chi connectivity index (χ0) is 11.5. The Bertz CT molecular complexity index is 372. The van der Waals surface area contributed by atoms with Crippen LogP contribution < -0.4 is 5.56 Å². The van der Waals surface area contributed by atoms with Crippen molar-refractivity contribution in [3.05, 3.63) is 27.9 Å². The number of rotatable bonds is 4. The summed E-state index contributed by atoms with van der Waals surface area (Å²) >= 11 is 0. The van der Waals surface area contributed by atoms with Gasteiger partial charge < -0.3 is 9.72 Å². The van der Waals surface area contributed by atoms with Gasteiger partial charge in [0.15, 0.2) is 0 Å². The van der Waals surface area contributed by atoms with Crippen molar-refractivity contribution in [3.8, 4) is 0 Å². The second-order valence-corrected chi connectivity index (χ2v) is 3.64. The van der Waals surface area contributed by atoms with Gasteiger partial charge in [-0.25, -0.2) is 4.98 Å². The molecule has 1 N–H and O–H groups in total. The summed E-state index contributed by atoms with van der Waals surface area (Å²) in [6.07, 6.45) is 1.57. The summed E-state index contributed by atoms with van der Waals surface area (Å²) in [6, 6.07) is 1.48. The molecule has 0 aliphatic carbocycles. The van der Waals surface area contributed by atoms with Crippen molar-refractivity contribution in [2.24, 2.45) is 0 Å². The lowest BCUT2D eigenvalue weighted by Gasteiger charge is -2.28. The molecule has 1 aromatic rings. The fourth-order valence-electron chi connectivity index (χ4n) is 1.77. The van der Waals surface area contributed by atoms with Crippen LogP contribution in [0.15, 0.2) is 10.9 Å². The van der Waals surface area contributed by atoms with E-state index in [-0.39, 0.29) is 5.56 Å². The number of methoxy groups -OCH3 is 1. The Morgan fingerprint density at radius 1 is 1.47 bits per heavy atom. The Morgan fingerprint density at radius 2 is 2.07 bits per heavy atom. The number of H-pyrrole nitrogens is 1. The minimum atomic E-state index is -0.467. The monoisotopic (exact) mass is 210 g/mol. The van der Waals surface area contributed by atoms with Crippen molar-refractivity contribution in [1.82, 2.24) is 9.97 Å². The third-order valence-corrected chi connectivity index (χ3v) is 2.83. The van der Waals surface area contributed by atoms with E-state index in [1.165, 1.54) is 6.07 Å². The molecule has 0 atom stereocenters. The average Bonchev–Trinajstić information content (AvgIpc) is 2.20. The van der Waals surface area contributed by atoms with E-state index in [0.717, 1.165) is 18.5 Å². The van der Waals surface area contributed by atoms with Crippen LogP contribution >= 0.6 is 0 Å². The molecule has 0 bridgehead atoms. The van der Waals surface area contributed by atoms with Crippen molar-refractivity contribution in [3.63, 3.8) is 0 Å². The lowest BCUT2D eigenvalue weighted by Crippen LogP contribution is -2.32. The molecule has 0 aliphatic heterocycles. The first-order valence-corrected chi connectivity index (χ1v) is 5.21. The topological polar surface area (TPSA) is 55.0 Å². The van der Waals surface area contributed by atoms with E-state index in [4.69, 9.17) is 4.74 Å². The standard InChI is InChI=1S/C11H18N2O2/c1-5-11(6-2,15-4)10-12-8(3)7-9(14)13-10/h7H,5-6H2,1-4H3,(H,12,13,14). The van der Waals surface area contributed by atoms with Crippen LogP contribution in [0.1, 0.15) is 38.2 Å². The molecule has 1 rings (SSSR count). The maximum absolute atomic E-state index is 11.4. The van der Waals surface area contributed by atoms with Crippen molar-refractivity contribution >= 4 is 0 Å². The van der Waals surface area contributed by atoms with Gasteiger partial charge in [0.25, 0.3) is 5.56 Å². The van der Waals surface area contributed by atoms with Gasteiger partial charge >= 0.3 is 0 Å². The normalized spacial score (nSPS) is 11.7. The maximum Gasteiger partial charge on any atom is 0.251 e. The molecular formula is C11H18N2O2. The molecule has 0 fully saturated rings. The van der Waals surface area contributed by atoms with Gasteiger partial charge in [-0.1, -0.05) is 13.8 Å². The van der Waals surface area contributed by atoms with E-state index in [9.17, 15) is 4.79 Å². The molecule has 0 spiro atoms. The zero-order valence-electron chi connectivity index (χ0n) is 9.76. The number of hydrogen-bond acceptors (Lipinski definition) is 3. The zero-order valence-corrected chi connectivity index (χ0v) is 9.76. The van der Waals surface area contributed by atoms with Gasteiger partial charge in [-0.3, -0.25) is 4.79 Å². The molecule has 4 heteroatoms. The van der Waals surface area contributed by atoms with Gasteiger partial charge in [0, 0.05) is 18.9 Å². The van der Waals surface area contributed by atoms with Crippen molar-refractivity contribution < 1.29 is 4.74 Å². The third-order valence-electron chi connectivity index (χ3n) is 2.83. The maximum atomic E-state index is 11.4. The summed E-state index contributed by atoms with van der Waals surface area (Å²) in [7, 11) is 1.65. The second-order valence-electron chi connectivity index (χ2n) is 3.64. The summed E-state index contributed by atoms with van der Waals surface area (Å²) in [5.41, 5.74) is 0.128. The number of nitrogens with one attached hydrogen (secondary N) is 1. The molecule has 84 valence electrons. The summed E-state index contributed by atoms with van der Waals surface area (Å²) in [4.78, 5) is 18.4. The molecule has 0 amide bonds. The largest absolute Gasteiger partial charge is 0.370 e. The summed E-state index contributed by atoms with van der Waals surface area (Å²) < 4.78 is 5.50. The predicted octanol–water partition coefficient (Wildman–Crippen LogP) is 1.74. The average molecular weight is 210 g/mol.